The SMILES string of the molecule is CCOC[C@@]1(CCc2cc3[nH]cnc3s2)CCN(C(C)(C)c2ccc(C)nc2)C1. The predicted octanol–water partition coefficient (Wildman–Crippen LogP) is 4.92. The maximum absolute atomic E-state index is 5.98. The minimum atomic E-state index is -0.0304. The molecule has 0 saturated carbocycles. The molecular weight excluding hydrogens is 380 g/mol. The molecule has 1 atom stereocenters. The second kappa shape index (κ2) is 8.17. The summed E-state index contributed by atoms with van der Waals surface area (Å²) in [7, 11) is 0. The molecule has 1 fully saturated rings. The molecule has 156 valence electrons. The van der Waals surface area contributed by atoms with Gasteiger partial charge in [-0.1, -0.05) is 6.07 Å². The van der Waals surface area contributed by atoms with E-state index in [-0.39, 0.29) is 11.0 Å². The van der Waals surface area contributed by atoms with Crippen molar-refractivity contribution in [1.82, 2.24) is 19.9 Å². The lowest BCUT2D eigenvalue weighted by atomic mass is 9.82. The topological polar surface area (TPSA) is 54.0 Å². The number of nitrogens with one attached hydrogen (secondary N) is 1. The fourth-order valence-corrected chi connectivity index (χ4v) is 5.40. The van der Waals surface area contributed by atoms with Crippen molar-refractivity contribution in [3.63, 3.8) is 0 Å². The van der Waals surface area contributed by atoms with E-state index in [4.69, 9.17) is 4.74 Å². The molecule has 0 radical (unpaired) electrons. The van der Waals surface area contributed by atoms with E-state index in [0.717, 1.165) is 55.2 Å². The van der Waals surface area contributed by atoms with Crippen molar-refractivity contribution in [2.45, 2.75) is 52.5 Å². The Hall–Kier alpha value is -1.76. The van der Waals surface area contributed by atoms with Crippen LogP contribution in [0, 0.1) is 12.3 Å². The molecule has 0 aliphatic carbocycles. The van der Waals surface area contributed by atoms with Gasteiger partial charge in [0.05, 0.1) is 18.5 Å². The third kappa shape index (κ3) is 4.25. The number of hydrogen-bond donors (Lipinski definition) is 1. The Labute approximate surface area is 177 Å². The molecule has 5 nitrogen and oxygen atoms in total. The zero-order valence-corrected chi connectivity index (χ0v) is 18.8. The van der Waals surface area contributed by atoms with Crippen LogP contribution in [0.5, 0.6) is 0 Å². The number of likely N-dealkylation sites (tertiary alicyclic amines) is 1. The quantitative estimate of drug-likeness (QED) is 0.570. The molecule has 0 bridgehead atoms. The van der Waals surface area contributed by atoms with E-state index in [1.54, 1.807) is 6.33 Å². The molecule has 4 heterocycles. The Bertz CT molecular complexity index is 917. The largest absolute Gasteiger partial charge is 0.381 e. The zero-order chi connectivity index (χ0) is 20.5. The Morgan fingerprint density at radius 1 is 1.31 bits per heavy atom. The number of thiophene rings is 1. The van der Waals surface area contributed by atoms with Gasteiger partial charge in [0.2, 0.25) is 0 Å². The molecule has 4 rings (SSSR count). The van der Waals surface area contributed by atoms with Crippen molar-refractivity contribution in [2.24, 2.45) is 5.41 Å². The number of nitrogens with zero attached hydrogens (tertiary/aromatic N) is 3. The first-order valence-corrected chi connectivity index (χ1v) is 11.4. The fourth-order valence-electron chi connectivity index (χ4n) is 4.44. The predicted molar refractivity (Wildman–Crippen MR) is 119 cm³/mol. The molecule has 1 aliphatic rings. The van der Waals surface area contributed by atoms with Crippen molar-refractivity contribution < 1.29 is 4.74 Å². The van der Waals surface area contributed by atoms with Gasteiger partial charge >= 0.3 is 0 Å². The summed E-state index contributed by atoms with van der Waals surface area (Å²) in [4.78, 5) is 17.3. The number of ether oxygens (including phenoxy) is 1. The third-order valence-electron chi connectivity index (χ3n) is 6.53. The fraction of sp³-hybridized carbons (Fsp3) is 0.565. The van der Waals surface area contributed by atoms with Crippen LogP contribution in [0.25, 0.3) is 10.3 Å². The van der Waals surface area contributed by atoms with Crippen LogP contribution in [-0.2, 0) is 16.7 Å². The van der Waals surface area contributed by atoms with Gasteiger partial charge in [-0.3, -0.25) is 9.88 Å². The van der Waals surface area contributed by atoms with E-state index in [2.05, 4.69) is 58.8 Å². The molecule has 1 aliphatic heterocycles. The molecule has 0 unspecified atom stereocenters. The number of hydrogen-bond acceptors (Lipinski definition) is 5. The molecule has 0 amide bonds. The van der Waals surface area contributed by atoms with Crippen LogP contribution in [0.4, 0.5) is 0 Å². The van der Waals surface area contributed by atoms with Crippen molar-refractivity contribution in [3.05, 3.63) is 46.9 Å². The minimum Gasteiger partial charge on any atom is -0.381 e. The molecule has 0 aromatic carbocycles. The van der Waals surface area contributed by atoms with Crippen LogP contribution in [-0.4, -0.2) is 46.2 Å². The van der Waals surface area contributed by atoms with E-state index >= 15 is 0 Å². The van der Waals surface area contributed by atoms with Gasteiger partial charge in [-0.15, -0.1) is 11.3 Å². The standard InChI is InChI=1S/C23H32N4OS/c1-5-28-15-23(9-8-19-12-20-21(29-19)26-16-25-20)10-11-27(14-23)22(3,4)18-7-6-17(2)24-13-18/h6-7,12-13,16H,5,8-11,14-15H2,1-4H3,(H,25,26)/t23-/m0/s1. The van der Waals surface area contributed by atoms with Gasteiger partial charge in [-0.25, -0.2) is 4.98 Å². The lowest BCUT2D eigenvalue weighted by Crippen LogP contribution is -2.42. The second-order valence-corrected chi connectivity index (χ2v) is 10.0. The number of rotatable bonds is 8. The van der Waals surface area contributed by atoms with Gasteiger partial charge in [0.1, 0.15) is 4.83 Å². The number of fused-ring (bicyclic) bond motifs is 1. The van der Waals surface area contributed by atoms with Crippen LogP contribution in [0.2, 0.25) is 0 Å². The molecule has 3 aromatic rings. The summed E-state index contributed by atoms with van der Waals surface area (Å²) < 4.78 is 5.98. The number of aromatic nitrogens is 3. The average molecular weight is 413 g/mol. The Morgan fingerprint density at radius 2 is 2.17 bits per heavy atom. The summed E-state index contributed by atoms with van der Waals surface area (Å²) in [5, 5.41) is 0. The molecular formula is C23H32N4OS. The smallest absolute Gasteiger partial charge is 0.141 e. The lowest BCUT2D eigenvalue weighted by molar-refractivity contribution is 0.0386. The Morgan fingerprint density at radius 3 is 2.90 bits per heavy atom. The maximum atomic E-state index is 5.98. The summed E-state index contributed by atoms with van der Waals surface area (Å²) >= 11 is 1.81. The van der Waals surface area contributed by atoms with Gasteiger partial charge in [-0.05, 0) is 71.2 Å². The minimum absolute atomic E-state index is 0.0304. The molecule has 29 heavy (non-hydrogen) atoms. The Balaban J connectivity index is 1.49. The number of aromatic amines is 1. The molecule has 1 saturated heterocycles. The second-order valence-electron chi connectivity index (χ2n) is 8.89. The summed E-state index contributed by atoms with van der Waals surface area (Å²) in [5.74, 6) is 0. The summed E-state index contributed by atoms with van der Waals surface area (Å²) in [6, 6.07) is 6.61. The average Bonchev–Trinajstić information content (AvgIpc) is 3.40. The first-order chi connectivity index (χ1) is 13.9. The van der Waals surface area contributed by atoms with E-state index in [1.807, 2.05) is 24.5 Å². The van der Waals surface area contributed by atoms with E-state index in [0.29, 0.717) is 0 Å². The molecule has 3 aromatic heterocycles. The van der Waals surface area contributed by atoms with Gasteiger partial charge in [0.25, 0.3) is 0 Å². The van der Waals surface area contributed by atoms with Crippen molar-refractivity contribution in [1.29, 1.82) is 0 Å². The van der Waals surface area contributed by atoms with E-state index in [9.17, 15) is 0 Å². The van der Waals surface area contributed by atoms with Crippen LogP contribution in [0.3, 0.4) is 0 Å². The van der Waals surface area contributed by atoms with E-state index in [1.165, 1.54) is 16.9 Å². The molecule has 0 spiro atoms. The van der Waals surface area contributed by atoms with Crippen LogP contribution >= 0.6 is 11.3 Å². The highest BCUT2D eigenvalue weighted by Crippen LogP contribution is 2.42. The van der Waals surface area contributed by atoms with Crippen molar-refractivity contribution in [2.75, 3.05) is 26.3 Å². The van der Waals surface area contributed by atoms with Gasteiger partial charge in [-0.2, -0.15) is 0 Å². The number of pyridine rings is 1. The first-order valence-electron chi connectivity index (χ1n) is 10.6. The highest BCUT2D eigenvalue weighted by atomic mass is 32.1. The van der Waals surface area contributed by atoms with Crippen molar-refractivity contribution in [3.8, 4) is 0 Å². The van der Waals surface area contributed by atoms with Crippen molar-refractivity contribution >= 4 is 21.7 Å². The van der Waals surface area contributed by atoms with Gasteiger partial charge < -0.3 is 9.72 Å². The van der Waals surface area contributed by atoms with E-state index < -0.39 is 0 Å². The summed E-state index contributed by atoms with van der Waals surface area (Å²) in [6.45, 7) is 12.6. The lowest BCUT2D eigenvalue weighted by Gasteiger charge is -2.38. The highest BCUT2D eigenvalue weighted by molar-refractivity contribution is 7.18. The van der Waals surface area contributed by atoms with Gasteiger partial charge in [0, 0.05) is 40.9 Å². The highest BCUT2D eigenvalue weighted by Gasteiger charge is 2.43. The first kappa shape index (κ1) is 20.5. The Kier molecular flexibility index (Phi) is 5.78. The summed E-state index contributed by atoms with van der Waals surface area (Å²) in [6.07, 6.45) is 7.23. The number of H-pyrrole nitrogens is 1. The number of imidazole rings is 1. The molecule has 6 heteroatoms. The zero-order valence-electron chi connectivity index (χ0n) is 18.0. The van der Waals surface area contributed by atoms with Crippen LogP contribution in [0.15, 0.2) is 30.7 Å². The number of aryl methyl sites for hydroxylation is 2. The van der Waals surface area contributed by atoms with Crippen LogP contribution < -0.4 is 0 Å². The third-order valence-corrected chi connectivity index (χ3v) is 7.63. The molecule has 1 N–H and O–H groups in total. The van der Waals surface area contributed by atoms with Crippen LogP contribution in [0.1, 0.15) is 49.7 Å². The van der Waals surface area contributed by atoms with Gasteiger partial charge in [0.15, 0.2) is 0 Å². The summed E-state index contributed by atoms with van der Waals surface area (Å²) in [5.41, 5.74) is 3.69. The normalized spacial score (nSPS) is 20.7. The maximum Gasteiger partial charge on any atom is 0.141 e. The monoisotopic (exact) mass is 412 g/mol.